The molecule has 2 heterocycles. The average Bonchev–Trinajstić information content (AvgIpc) is 3.32. The summed E-state index contributed by atoms with van der Waals surface area (Å²) in [7, 11) is 0. The van der Waals surface area contributed by atoms with Crippen molar-refractivity contribution in [2.24, 2.45) is 0 Å². The van der Waals surface area contributed by atoms with E-state index in [1.54, 1.807) is 24.3 Å². The monoisotopic (exact) mass is 473 g/mol. The van der Waals surface area contributed by atoms with Crippen molar-refractivity contribution in [1.29, 1.82) is 0 Å². The first kappa shape index (κ1) is 21.6. The predicted molar refractivity (Wildman–Crippen MR) is 120 cm³/mol. The molecule has 2 aliphatic heterocycles. The molecule has 1 fully saturated rings. The summed E-state index contributed by atoms with van der Waals surface area (Å²) in [6, 6.07) is 8.66. The van der Waals surface area contributed by atoms with Crippen molar-refractivity contribution < 1.29 is 29.1 Å². The molecule has 0 aliphatic carbocycles. The summed E-state index contributed by atoms with van der Waals surface area (Å²) >= 11 is 6.41. The number of nitrogens with one attached hydrogen (secondary N) is 1. The van der Waals surface area contributed by atoms with Crippen LogP contribution in [0.4, 0.5) is 11.4 Å². The van der Waals surface area contributed by atoms with E-state index >= 15 is 0 Å². The third-order valence-corrected chi connectivity index (χ3v) is 5.97. The Hall–Kier alpha value is -3.64. The number of benzene rings is 2. The van der Waals surface area contributed by atoms with Crippen LogP contribution in [-0.2, 0) is 9.59 Å². The molecular weight excluding hydrogens is 458 g/mol. The van der Waals surface area contributed by atoms with Gasteiger partial charge in [-0.15, -0.1) is 0 Å². The van der Waals surface area contributed by atoms with Crippen LogP contribution in [0, 0.1) is 10.1 Å². The first-order chi connectivity index (χ1) is 15.3. The number of rotatable bonds is 6. The third kappa shape index (κ3) is 4.50. The lowest BCUT2D eigenvalue weighted by Gasteiger charge is -2.14. The minimum atomic E-state index is -0.655. The highest BCUT2D eigenvalue weighted by Gasteiger charge is 2.32. The summed E-state index contributed by atoms with van der Waals surface area (Å²) in [5.41, 5.74) is 0.488. The minimum Gasteiger partial charge on any atom is -0.506 e. The van der Waals surface area contributed by atoms with Gasteiger partial charge in [0.25, 0.3) is 11.6 Å². The lowest BCUT2D eigenvalue weighted by molar-refractivity contribution is -0.384. The van der Waals surface area contributed by atoms with Crippen LogP contribution in [-0.4, -0.2) is 44.4 Å². The number of hydrogen-bond acceptors (Lipinski definition) is 9. The van der Waals surface area contributed by atoms with Crippen LogP contribution in [0.15, 0.2) is 41.3 Å². The van der Waals surface area contributed by atoms with Crippen LogP contribution in [0.1, 0.15) is 12.0 Å². The SMILES string of the molecule is O=C(CCN1C(=O)/C(=C/c2ccc3c(c2)OCO3)SC1=S)Nc1ccc([N+](=O)[O-])cc1O. The largest absolute Gasteiger partial charge is 0.506 e. The normalized spacial score (nSPS) is 16.0. The molecule has 0 bridgehead atoms. The predicted octanol–water partition coefficient (Wildman–Crippen LogP) is 3.26. The Labute approximate surface area is 190 Å². The maximum atomic E-state index is 12.7. The first-order valence-corrected chi connectivity index (χ1v) is 10.5. The van der Waals surface area contributed by atoms with E-state index in [9.17, 15) is 24.8 Å². The summed E-state index contributed by atoms with van der Waals surface area (Å²) in [5, 5.41) is 23.0. The van der Waals surface area contributed by atoms with E-state index in [-0.39, 0.29) is 37.0 Å². The molecule has 2 aliphatic rings. The fourth-order valence-electron chi connectivity index (χ4n) is 3.01. The molecule has 0 atom stereocenters. The number of fused-ring (bicyclic) bond motifs is 1. The molecule has 164 valence electrons. The molecule has 2 aromatic carbocycles. The quantitative estimate of drug-likeness (QED) is 0.213. The fraction of sp³-hybridized carbons (Fsp3) is 0.150. The number of phenolic OH excluding ortho intramolecular Hbond substituents is 1. The number of phenols is 1. The van der Waals surface area contributed by atoms with Crippen molar-refractivity contribution in [3.8, 4) is 17.2 Å². The highest BCUT2D eigenvalue weighted by Crippen LogP contribution is 2.36. The summed E-state index contributed by atoms with van der Waals surface area (Å²) in [4.78, 5) is 36.8. The van der Waals surface area contributed by atoms with Crippen LogP contribution < -0.4 is 14.8 Å². The zero-order chi connectivity index (χ0) is 22.8. The lowest BCUT2D eigenvalue weighted by atomic mass is 10.2. The molecule has 2 aromatic rings. The highest BCUT2D eigenvalue weighted by atomic mass is 32.2. The molecule has 0 spiro atoms. The number of thiocarbonyl (C=S) groups is 1. The number of ether oxygens (including phenoxy) is 2. The van der Waals surface area contributed by atoms with E-state index in [1.165, 1.54) is 11.0 Å². The first-order valence-electron chi connectivity index (χ1n) is 9.24. The Morgan fingerprint density at radius 3 is 2.81 bits per heavy atom. The Bertz CT molecular complexity index is 1180. The van der Waals surface area contributed by atoms with Gasteiger partial charge in [-0.05, 0) is 29.8 Å². The van der Waals surface area contributed by atoms with Gasteiger partial charge in [-0.25, -0.2) is 0 Å². The van der Waals surface area contributed by atoms with Gasteiger partial charge in [0.05, 0.1) is 21.6 Å². The van der Waals surface area contributed by atoms with Gasteiger partial charge >= 0.3 is 0 Å². The number of amides is 2. The van der Waals surface area contributed by atoms with Gasteiger partial charge in [0, 0.05) is 19.0 Å². The van der Waals surface area contributed by atoms with Crippen molar-refractivity contribution in [3.05, 3.63) is 57.0 Å². The topological polar surface area (TPSA) is 131 Å². The van der Waals surface area contributed by atoms with Crippen molar-refractivity contribution in [1.82, 2.24) is 4.90 Å². The number of anilines is 1. The molecule has 0 aromatic heterocycles. The number of thioether (sulfide) groups is 1. The molecule has 2 amide bonds. The molecule has 0 radical (unpaired) electrons. The van der Waals surface area contributed by atoms with E-state index in [1.807, 2.05) is 0 Å². The number of hydrogen-bond donors (Lipinski definition) is 2. The second-order valence-electron chi connectivity index (χ2n) is 6.70. The van der Waals surface area contributed by atoms with Crippen molar-refractivity contribution in [2.75, 3.05) is 18.7 Å². The number of carbonyl (C=O) groups is 2. The van der Waals surface area contributed by atoms with Crippen LogP contribution in [0.3, 0.4) is 0 Å². The average molecular weight is 473 g/mol. The Kier molecular flexibility index (Phi) is 5.97. The maximum absolute atomic E-state index is 12.7. The zero-order valence-electron chi connectivity index (χ0n) is 16.3. The Balaban J connectivity index is 1.37. The number of nitro groups is 1. The molecule has 10 nitrogen and oxygen atoms in total. The highest BCUT2D eigenvalue weighted by molar-refractivity contribution is 8.26. The van der Waals surface area contributed by atoms with Crippen LogP contribution in [0.5, 0.6) is 17.2 Å². The molecule has 0 unspecified atom stereocenters. The van der Waals surface area contributed by atoms with Gasteiger partial charge < -0.3 is 19.9 Å². The van der Waals surface area contributed by atoms with Crippen molar-refractivity contribution in [3.63, 3.8) is 0 Å². The molecule has 0 saturated carbocycles. The number of aromatic hydroxyl groups is 1. The van der Waals surface area contributed by atoms with E-state index in [0.29, 0.717) is 20.7 Å². The summed E-state index contributed by atoms with van der Waals surface area (Å²) in [6.45, 7) is 0.198. The van der Waals surface area contributed by atoms with Crippen LogP contribution in [0.2, 0.25) is 0 Å². The zero-order valence-corrected chi connectivity index (χ0v) is 17.9. The molecule has 4 rings (SSSR count). The van der Waals surface area contributed by atoms with Crippen molar-refractivity contribution >= 4 is 57.6 Å². The number of nitrogens with zero attached hydrogens (tertiary/aromatic N) is 2. The van der Waals surface area contributed by atoms with Gasteiger partial charge in [0.15, 0.2) is 11.5 Å². The summed E-state index contributed by atoms with van der Waals surface area (Å²) in [5.74, 6) is 0.0107. The summed E-state index contributed by atoms with van der Waals surface area (Å²) in [6.07, 6.45) is 1.61. The fourth-order valence-corrected chi connectivity index (χ4v) is 4.32. The van der Waals surface area contributed by atoms with E-state index < -0.39 is 16.6 Å². The summed E-state index contributed by atoms with van der Waals surface area (Å²) < 4.78 is 10.9. The lowest BCUT2D eigenvalue weighted by Crippen LogP contribution is -2.31. The van der Waals surface area contributed by atoms with Gasteiger partial charge in [-0.1, -0.05) is 30.0 Å². The van der Waals surface area contributed by atoms with Gasteiger partial charge in [-0.2, -0.15) is 0 Å². The molecule has 1 saturated heterocycles. The Morgan fingerprint density at radius 2 is 2.06 bits per heavy atom. The second-order valence-corrected chi connectivity index (χ2v) is 8.38. The van der Waals surface area contributed by atoms with Crippen LogP contribution in [0.25, 0.3) is 6.08 Å². The van der Waals surface area contributed by atoms with Crippen molar-refractivity contribution in [2.45, 2.75) is 6.42 Å². The Morgan fingerprint density at radius 1 is 1.28 bits per heavy atom. The standard InChI is InChI=1S/C20H15N3O7S2/c24-14-9-12(23(27)28)2-3-13(14)21-18(25)5-6-22-19(26)17(32-20(22)31)8-11-1-4-15-16(7-11)30-10-29-15/h1-4,7-9,24H,5-6,10H2,(H,21,25)/b17-8-. The van der Waals surface area contributed by atoms with Gasteiger partial charge in [0.1, 0.15) is 10.1 Å². The second kappa shape index (κ2) is 8.85. The molecule has 32 heavy (non-hydrogen) atoms. The molecular formula is C20H15N3O7S2. The minimum absolute atomic E-state index is 0.0358. The van der Waals surface area contributed by atoms with E-state index in [0.717, 1.165) is 29.5 Å². The van der Waals surface area contributed by atoms with Crippen LogP contribution >= 0.6 is 24.0 Å². The van der Waals surface area contributed by atoms with E-state index in [4.69, 9.17) is 21.7 Å². The maximum Gasteiger partial charge on any atom is 0.273 e. The van der Waals surface area contributed by atoms with Gasteiger partial charge in [0.2, 0.25) is 12.7 Å². The third-order valence-electron chi connectivity index (χ3n) is 4.60. The number of non-ortho nitro benzene ring substituents is 1. The molecule has 12 heteroatoms. The number of nitro benzene ring substituents is 1. The van der Waals surface area contributed by atoms with Gasteiger partial charge in [-0.3, -0.25) is 24.6 Å². The number of carbonyl (C=O) groups excluding carboxylic acids is 2. The smallest absolute Gasteiger partial charge is 0.273 e. The van der Waals surface area contributed by atoms with E-state index in [2.05, 4.69) is 5.32 Å². The molecule has 2 N–H and O–H groups in total.